The zero-order valence-electron chi connectivity index (χ0n) is 17.4. The molecule has 1 N–H and O–H groups in total. The van der Waals surface area contributed by atoms with Crippen molar-refractivity contribution in [3.8, 4) is 0 Å². The van der Waals surface area contributed by atoms with Crippen molar-refractivity contribution < 1.29 is 9.59 Å². The Morgan fingerprint density at radius 3 is 2.38 bits per heavy atom. The second-order valence-corrected chi connectivity index (χ2v) is 8.91. The fraction of sp³-hybridized carbons (Fsp3) is 0.696. The number of pyridine rings is 1. The number of hydrogen-bond acceptors (Lipinski definition) is 4. The third-order valence-electron chi connectivity index (χ3n) is 7.03. The van der Waals surface area contributed by atoms with Crippen LogP contribution >= 0.6 is 0 Å². The molecule has 158 valence electrons. The molecule has 2 heterocycles. The van der Waals surface area contributed by atoms with E-state index in [4.69, 9.17) is 0 Å². The van der Waals surface area contributed by atoms with Gasteiger partial charge in [0.15, 0.2) is 0 Å². The minimum atomic E-state index is -0.0714. The van der Waals surface area contributed by atoms with E-state index >= 15 is 0 Å². The van der Waals surface area contributed by atoms with Gasteiger partial charge in [-0.25, -0.2) is 0 Å². The first-order valence-corrected chi connectivity index (χ1v) is 11.4. The molecule has 1 aromatic rings. The zero-order valence-corrected chi connectivity index (χ0v) is 17.4. The molecule has 1 aromatic heterocycles. The highest BCUT2D eigenvalue weighted by molar-refractivity contribution is 5.82. The van der Waals surface area contributed by atoms with Gasteiger partial charge >= 0.3 is 0 Å². The monoisotopic (exact) mass is 398 g/mol. The van der Waals surface area contributed by atoms with E-state index < -0.39 is 0 Å². The van der Waals surface area contributed by atoms with E-state index in [2.05, 4.69) is 15.2 Å². The number of nitrogens with one attached hydrogen (secondary N) is 1. The van der Waals surface area contributed by atoms with Gasteiger partial charge in [0.1, 0.15) is 0 Å². The van der Waals surface area contributed by atoms with Crippen molar-refractivity contribution >= 4 is 11.8 Å². The molecule has 6 heteroatoms. The second-order valence-electron chi connectivity index (χ2n) is 8.91. The van der Waals surface area contributed by atoms with Crippen LogP contribution in [0.5, 0.6) is 0 Å². The van der Waals surface area contributed by atoms with Crippen LogP contribution in [0.3, 0.4) is 0 Å². The first kappa shape index (κ1) is 20.3. The first-order chi connectivity index (χ1) is 14.2. The fourth-order valence-electron chi connectivity index (χ4n) is 5.40. The molecule has 1 aliphatic heterocycles. The molecule has 2 aliphatic carbocycles. The maximum atomic E-state index is 13.2. The van der Waals surface area contributed by atoms with Crippen molar-refractivity contribution in [3.05, 3.63) is 30.1 Å². The summed E-state index contributed by atoms with van der Waals surface area (Å²) in [7, 11) is 0. The van der Waals surface area contributed by atoms with E-state index in [0.717, 1.165) is 57.4 Å². The Kier molecular flexibility index (Phi) is 6.80. The van der Waals surface area contributed by atoms with Crippen LogP contribution in [0.25, 0.3) is 0 Å². The van der Waals surface area contributed by atoms with E-state index in [1.54, 1.807) is 12.4 Å². The standard InChI is InChI=1S/C23H34N4O2/c28-22(25-17-18-6-5-11-24-16-18)21(19-7-1-2-8-19)26-12-14-27(15-13-26)23(29)20-9-3-4-10-20/h5-6,11,16,19-21H,1-4,7-10,12-15,17H2,(H,25,28)/t21-/m0/s1. The molecule has 3 fully saturated rings. The number of carbonyl (C=O) groups excluding carboxylic acids is 2. The second kappa shape index (κ2) is 9.70. The van der Waals surface area contributed by atoms with Crippen molar-refractivity contribution in [3.63, 3.8) is 0 Å². The van der Waals surface area contributed by atoms with Crippen molar-refractivity contribution in [2.24, 2.45) is 11.8 Å². The van der Waals surface area contributed by atoms with Crippen LogP contribution in [0, 0.1) is 11.8 Å². The number of nitrogens with zero attached hydrogens (tertiary/aromatic N) is 3. The van der Waals surface area contributed by atoms with E-state index in [1.165, 1.54) is 25.7 Å². The average Bonchev–Trinajstić information content (AvgIpc) is 3.48. The number of carbonyl (C=O) groups is 2. The van der Waals surface area contributed by atoms with Crippen molar-refractivity contribution in [2.45, 2.75) is 64.0 Å². The highest BCUT2D eigenvalue weighted by Gasteiger charge is 2.38. The highest BCUT2D eigenvalue weighted by Crippen LogP contribution is 2.32. The molecule has 0 aromatic carbocycles. The van der Waals surface area contributed by atoms with Gasteiger partial charge in [-0.2, -0.15) is 0 Å². The maximum absolute atomic E-state index is 13.2. The molecule has 2 saturated carbocycles. The van der Waals surface area contributed by atoms with Gasteiger partial charge in [-0.05, 0) is 43.2 Å². The SMILES string of the molecule is O=C(NCc1cccnc1)[C@H](C1CCCC1)N1CCN(C(=O)C2CCCC2)CC1. The lowest BCUT2D eigenvalue weighted by Gasteiger charge is -2.41. The Hall–Kier alpha value is -1.95. The third kappa shape index (κ3) is 4.97. The number of hydrogen-bond donors (Lipinski definition) is 1. The topological polar surface area (TPSA) is 65.5 Å². The number of amides is 2. The molecule has 29 heavy (non-hydrogen) atoms. The summed E-state index contributed by atoms with van der Waals surface area (Å²) in [5, 5.41) is 3.15. The van der Waals surface area contributed by atoms with Crippen LogP contribution < -0.4 is 5.32 Å². The summed E-state index contributed by atoms with van der Waals surface area (Å²) in [6.07, 6.45) is 12.7. The quantitative estimate of drug-likeness (QED) is 0.800. The Morgan fingerprint density at radius 2 is 1.72 bits per heavy atom. The van der Waals surface area contributed by atoms with E-state index in [9.17, 15) is 9.59 Å². The molecule has 0 spiro atoms. The molecular weight excluding hydrogens is 364 g/mol. The molecule has 0 unspecified atom stereocenters. The molecule has 1 saturated heterocycles. The minimum absolute atomic E-state index is 0.0714. The maximum Gasteiger partial charge on any atom is 0.237 e. The Bertz CT molecular complexity index is 675. The molecule has 2 amide bonds. The zero-order chi connectivity index (χ0) is 20.1. The summed E-state index contributed by atoms with van der Waals surface area (Å²) in [6.45, 7) is 3.65. The van der Waals surface area contributed by atoms with Crippen molar-refractivity contribution in [1.29, 1.82) is 0 Å². The molecule has 0 radical (unpaired) electrons. The van der Waals surface area contributed by atoms with Crippen LogP contribution in [-0.2, 0) is 16.1 Å². The van der Waals surface area contributed by atoms with Gasteiger partial charge in [0.2, 0.25) is 11.8 Å². The minimum Gasteiger partial charge on any atom is -0.351 e. The summed E-state index contributed by atoms with van der Waals surface area (Å²) >= 11 is 0. The van der Waals surface area contributed by atoms with Crippen molar-refractivity contribution in [1.82, 2.24) is 20.1 Å². The van der Waals surface area contributed by atoms with Crippen LogP contribution in [-0.4, -0.2) is 58.8 Å². The summed E-state index contributed by atoms with van der Waals surface area (Å²) in [4.78, 5) is 34.4. The van der Waals surface area contributed by atoms with E-state index in [1.807, 2.05) is 17.0 Å². The Labute approximate surface area is 174 Å². The fourth-order valence-corrected chi connectivity index (χ4v) is 5.40. The smallest absolute Gasteiger partial charge is 0.237 e. The van der Waals surface area contributed by atoms with Gasteiger partial charge < -0.3 is 10.2 Å². The summed E-state index contributed by atoms with van der Waals surface area (Å²) < 4.78 is 0. The van der Waals surface area contributed by atoms with Gasteiger partial charge in [0.25, 0.3) is 0 Å². The lowest BCUT2D eigenvalue weighted by Crippen LogP contribution is -2.58. The van der Waals surface area contributed by atoms with Gasteiger partial charge in [0, 0.05) is 51.0 Å². The lowest BCUT2D eigenvalue weighted by molar-refractivity contribution is -0.138. The normalized spacial score (nSPS) is 22.7. The largest absolute Gasteiger partial charge is 0.351 e. The third-order valence-corrected chi connectivity index (χ3v) is 7.03. The Morgan fingerprint density at radius 1 is 1.03 bits per heavy atom. The molecule has 6 nitrogen and oxygen atoms in total. The van der Waals surface area contributed by atoms with Crippen LogP contribution in [0.15, 0.2) is 24.5 Å². The van der Waals surface area contributed by atoms with Crippen LogP contribution in [0.4, 0.5) is 0 Å². The van der Waals surface area contributed by atoms with Gasteiger partial charge in [-0.3, -0.25) is 19.5 Å². The lowest BCUT2D eigenvalue weighted by atomic mass is 9.94. The van der Waals surface area contributed by atoms with Crippen molar-refractivity contribution in [2.75, 3.05) is 26.2 Å². The predicted octanol–water partition coefficient (Wildman–Crippen LogP) is 2.59. The molecule has 1 atom stereocenters. The molecule has 0 bridgehead atoms. The summed E-state index contributed by atoms with van der Waals surface area (Å²) in [6, 6.07) is 3.82. The van der Waals surface area contributed by atoms with E-state index in [-0.39, 0.29) is 17.9 Å². The average molecular weight is 399 g/mol. The van der Waals surface area contributed by atoms with Gasteiger partial charge in [-0.1, -0.05) is 31.7 Å². The van der Waals surface area contributed by atoms with Gasteiger partial charge in [-0.15, -0.1) is 0 Å². The van der Waals surface area contributed by atoms with Crippen LogP contribution in [0.2, 0.25) is 0 Å². The summed E-state index contributed by atoms with van der Waals surface area (Å²) in [5.74, 6) is 1.16. The number of piperazine rings is 1. The summed E-state index contributed by atoms with van der Waals surface area (Å²) in [5.41, 5.74) is 1.03. The predicted molar refractivity (Wildman–Crippen MR) is 112 cm³/mol. The molecule has 3 aliphatic rings. The number of rotatable bonds is 6. The highest BCUT2D eigenvalue weighted by atomic mass is 16.2. The van der Waals surface area contributed by atoms with Crippen LogP contribution in [0.1, 0.15) is 56.9 Å². The molecule has 4 rings (SSSR count). The Balaban J connectivity index is 1.35. The number of aromatic nitrogens is 1. The molecular formula is C23H34N4O2. The first-order valence-electron chi connectivity index (χ1n) is 11.4. The van der Waals surface area contributed by atoms with Gasteiger partial charge in [0.05, 0.1) is 6.04 Å². The van der Waals surface area contributed by atoms with E-state index in [0.29, 0.717) is 18.4 Å².